The normalized spacial score (nSPS) is 12.2. The molecule has 0 amide bonds. The lowest BCUT2D eigenvalue weighted by Crippen LogP contribution is -2.11. The molecule has 0 aliphatic heterocycles. The molecule has 0 aliphatic carbocycles. The average Bonchev–Trinajstić information content (AvgIpc) is 2.40. The number of halogens is 2. The summed E-state index contributed by atoms with van der Waals surface area (Å²) in [5.74, 6) is -0.215. The Morgan fingerprint density at radius 1 is 1.16 bits per heavy atom. The SMILES string of the molecule is CCC(Nc1c(C)cccc1F)c1ccc(Cl)cc1. The Hall–Kier alpha value is -1.54. The van der Waals surface area contributed by atoms with Gasteiger partial charge in [-0.2, -0.15) is 0 Å². The van der Waals surface area contributed by atoms with Crippen LogP contribution in [0.4, 0.5) is 10.1 Å². The first-order chi connectivity index (χ1) is 9.11. The van der Waals surface area contributed by atoms with E-state index in [2.05, 4.69) is 12.2 Å². The van der Waals surface area contributed by atoms with Crippen molar-refractivity contribution in [3.8, 4) is 0 Å². The Morgan fingerprint density at radius 2 is 1.84 bits per heavy atom. The number of hydrogen-bond acceptors (Lipinski definition) is 1. The molecule has 2 aromatic rings. The zero-order valence-corrected chi connectivity index (χ0v) is 11.8. The van der Waals surface area contributed by atoms with E-state index in [1.54, 1.807) is 6.07 Å². The number of benzene rings is 2. The molecule has 0 saturated heterocycles. The molecule has 19 heavy (non-hydrogen) atoms. The van der Waals surface area contributed by atoms with Crippen molar-refractivity contribution in [1.29, 1.82) is 0 Å². The van der Waals surface area contributed by atoms with Crippen LogP contribution in [0.25, 0.3) is 0 Å². The van der Waals surface area contributed by atoms with Crippen LogP contribution in [0.5, 0.6) is 0 Å². The highest BCUT2D eigenvalue weighted by Crippen LogP contribution is 2.27. The number of nitrogens with one attached hydrogen (secondary N) is 1. The standard InChI is InChI=1S/C16H17ClFN/c1-3-15(12-7-9-13(17)10-8-12)19-16-11(2)5-4-6-14(16)18/h4-10,15,19H,3H2,1-2H3. The van der Waals surface area contributed by atoms with Crippen LogP contribution in [0.2, 0.25) is 5.02 Å². The van der Waals surface area contributed by atoms with E-state index in [1.807, 2.05) is 37.3 Å². The van der Waals surface area contributed by atoms with Gasteiger partial charge in [0.15, 0.2) is 0 Å². The first-order valence-corrected chi connectivity index (χ1v) is 6.76. The highest BCUT2D eigenvalue weighted by molar-refractivity contribution is 6.30. The van der Waals surface area contributed by atoms with E-state index in [0.717, 1.165) is 17.5 Å². The molecule has 0 bridgehead atoms. The predicted molar refractivity (Wildman–Crippen MR) is 79.2 cm³/mol. The quantitative estimate of drug-likeness (QED) is 0.794. The zero-order chi connectivity index (χ0) is 13.8. The summed E-state index contributed by atoms with van der Waals surface area (Å²) in [5.41, 5.74) is 2.59. The van der Waals surface area contributed by atoms with Gasteiger partial charge in [-0.15, -0.1) is 0 Å². The average molecular weight is 278 g/mol. The van der Waals surface area contributed by atoms with Crippen LogP contribution in [0.3, 0.4) is 0 Å². The Balaban J connectivity index is 2.26. The highest BCUT2D eigenvalue weighted by atomic mass is 35.5. The third-order valence-electron chi connectivity index (χ3n) is 3.22. The van der Waals surface area contributed by atoms with E-state index in [-0.39, 0.29) is 11.9 Å². The van der Waals surface area contributed by atoms with Crippen LogP contribution >= 0.6 is 11.6 Å². The lowest BCUT2D eigenvalue weighted by molar-refractivity contribution is 0.622. The molecule has 0 radical (unpaired) electrons. The fourth-order valence-corrected chi connectivity index (χ4v) is 2.23. The number of rotatable bonds is 4. The first kappa shape index (κ1) is 13.9. The predicted octanol–water partition coefficient (Wildman–Crippen LogP) is 5.35. The van der Waals surface area contributed by atoms with Crippen molar-refractivity contribution in [2.24, 2.45) is 0 Å². The maximum Gasteiger partial charge on any atom is 0.146 e. The minimum Gasteiger partial charge on any atom is -0.376 e. The summed E-state index contributed by atoms with van der Waals surface area (Å²) in [4.78, 5) is 0. The molecule has 2 aromatic carbocycles. The van der Waals surface area contributed by atoms with E-state index >= 15 is 0 Å². The van der Waals surface area contributed by atoms with Gasteiger partial charge in [-0.25, -0.2) is 4.39 Å². The second-order valence-electron chi connectivity index (χ2n) is 4.59. The summed E-state index contributed by atoms with van der Waals surface area (Å²) in [6.07, 6.45) is 0.870. The smallest absolute Gasteiger partial charge is 0.146 e. The third-order valence-corrected chi connectivity index (χ3v) is 3.47. The molecule has 100 valence electrons. The first-order valence-electron chi connectivity index (χ1n) is 6.39. The molecular formula is C16H17ClFN. The van der Waals surface area contributed by atoms with Gasteiger partial charge in [-0.1, -0.05) is 42.8 Å². The number of hydrogen-bond donors (Lipinski definition) is 1. The summed E-state index contributed by atoms with van der Waals surface area (Å²) >= 11 is 5.89. The minimum atomic E-state index is -0.215. The third kappa shape index (κ3) is 3.27. The van der Waals surface area contributed by atoms with Gasteiger partial charge in [-0.3, -0.25) is 0 Å². The van der Waals surface area contributed by atoms with Crippen molar-refractivity contribution in [3.05, 3.63) is 64.4 Å². The van der Waals surface area contributed by atoms with Crippen molar-refractivity contribution in [2.45, 2.75) is 26.3 Å². The molecule has 0 heterocycles. The lowest BCUT2D eigenvalue weighted by atomic mass is 10.0. The van der Waals surface area contributed by atoms with Crippen LogP contribution in [0.15, 0.2) is 42.5 Å². The highest BCUT2D eigenvalue weighted by Gasteiger charge is 2.13. The van der Waals surface area contributed by atoms with E-state index in [4.69, 9.17) is 11.6 Å². The van der Waals surface area contributed by atoms with Crippen LogP contribution in [-0.2, 0) is 0 Å². The molecule has 2 rings (SSSR count). The topological polar surface area (TPSA) is 12.0 Å². The molecule has 0 saturated carbocycles. The van der Waals surface area contributed by atoms with Crippen LogP contribution in [-0.4, -0.2) is 0 Å². The molecule has 1 N–H and O–H groups in total. The molecular weight excluding hydrogens is 261 g/mol. The second-order valence-corrected chi connectivity index (χ2v) is 5.02. The van der Waals surface area contributed by atoms with Gasteiger partial charge >= 0.3 is 0 Å². The summed E-state index contributed by atoms with van der Waals surface area (Å²) in [6, 6.07) is 12.8. The van der Waals surface area contributed by atoms with E-state index < -0.39 is 0 Å². The number of anilines is 1. The van der Waals surface area contributed by atoms with Crippen LogP contribution < -0.4 is 5.32 Å². The number of aryl methyl sites for hydroxylation is 1. The largest absolute Gasteiger partial charge is 0.376 e. The zero-order valence-electron chi connectivity index (χ0n) is 11.1. The maximum atomic E-state index is 13.8. The molecule has 0 spiro atoms. The summed E-state index contributed by atoms with van der Waals surface area (Å²) in [5, 5.41) is 3.99. The van der Waals surface area contributed by atoms with Crippen molar-refractivity contribution < 1.29 is 4.39 Å². The second kappa shape index (κ2) is 6.07. The van der Waals surface area contributed by atoms with Crippen LogP contribution in [0, 0.1) is 12.7 Å². The Bertz CT molecular complexity index is 531. The summed E-state index contributed by atoms with van der Waals surface area (Å²) < 4.78 is 13.8. The van der Waals surface area contributed by atoms with Crippen LogP contribution in [0.1, 0.15) is 30.5 Å². The molecule has 0 aromatic heterocycles. The van der Waals surface area contributed by atoms with Gasteiger partial charge in [-0.05, 0) is 42.7 Å². The fourth-order valence-electron chi connectivity index (χ4n) is 2.11. The van der Waals surface area contributed by atoms with Crippen molar-refractivity contribution in [2.75, 3.05) is 5.32 Å². The molecule has 0 aliphatic rings. The van der Waals surface area contributed by atoms with E-state index in [0.29, 0.717) is 10.7 Å². The van der Waals surface area contributed by atoms with Gasteiger partial charge in [0.25, 0.3) is 0 Å². The summed E-state index contributed by atoms with van der Waals surface area (Å²) in [7, 11) is 0. The van der Waals surface area contributed by atoms with Crippen molar-refractivity contribution in [1.82, 2.24) is 0 Å². The lowest BCUT2D eigenvalue weighted by Gasteiger charge is -2.20. The maximum absolute atomic E-state index is 13.8. The molecule has 1 atom stereocenters. The van der Waals surface area contributed by atoms with Gasteiger partial charge in [0, 0.05) is 5.02 Å². The minimum absolute atomic E-state index is 0.0767. The molecule has 0 fully saturated rings. The fraction of sp³-hybridized carbons (Fsp3) is 0.250. The molecule has 1 unspecified atom stereocenters. The van der Waals surface area contributed by atoms with Gasteiger partial charge in [0.2, 0.25) is 0 Å². The monoisotopic (exact) mass is 277 g/mol. The molecule has 1 nitrogen and oxygen atoms in total. The van der Waals surface area contributed by atoms with Gasteiger partial charge < -0.3 is 5.32 Å². The van der Waals surface area contributed by atoms with Crippen molar-refractivity contribution >= 4 is 17.3 Å². The molecule has 3 heteroatoms. The van der Waals surface area contributed by atoms with Crippen molar-refractivity contribution in [3.63, 3.8) is 0 Å². The van der Waals surface area contributed by atoms with E-state index in [9.17, 15) is 4.39 Å². The van der Waals surface area contributed by atoms with Gasteiger partial charge in [0.05, 0.1) is 11.7 Å². The summed E-state index contributed by atoms with van der Waals surface area (Å²) in [6.45, 7) is 3.97. The Labute approximate surface area is 118 Å². The van der Waals surface area contributed by atoms with Gasteiger partial charge in [0.1, 0.15) is 5.82 Å². The Kier molecular flexibility index (Phi) is 4.43. The Morgan fingerprint density at radius 3 is 2.42 bits per heavy atom. The van der Waals surface area contributed by atoms with E-state index in [1.165, 1.54) is 6.07 Å². The number of para-hydroxylation sites is 1.